The van der Waals surface area contributed by atoms with Gasteiger partial charge in [0.1, 0.15) is 0 Å². The number of thiophene rings is 1. The number of carbonyl (C=O) groups excluding carboxylic acids is 1. The average molecular weight is 258 g/mol. The van der Waals surface area contributed by atoms with Crippen molar-refractivity contribution in [1.82, 2.24) is 5.43 Å². The molecule has 0 spiro atoms. The van der Waals surface area contributed by atoms with E-state index in [1.807, 2.05) is 37.4 Å². The van der Waals surface area contributed by atoms with Crippen LogP contribution in [0.3, 0.4) is 0 Å². The highest BCUT2D eigenvalue weighted by atomic mass is 32.1. The molecule has 18 heavy (non-hydrogen) atoms. The Labute approximate surface area is 110 Å². The molecule has 1 aromatic carbocycles. The minimum Gasteiger partial charge on any atom is -0.266 e. The van der Waals surface area contributed by atoms with Gasteiger partial charge in [-0.2, -0.15) is 5.10 Å². The van der Waals surface area contributed by atoms with Crippen molar-refractivity contribution in [2.24, 2.45) is 5.10 Å². The van der Waals surface area contributed by atoms with E-state index in [4.69, 9.17) is 0 Å². The minimum atomic E-state index is -0.175. The van der Waals surface area contributed by atoms with Crippen molar-refractivity contribution in [2.45, 2.75) is 13.8 Å². The molecular weight excluding hydrogens is 244 g/mol. The third kappa shape index (κ3) is 3.05. The summed E-state index contributed by atoms with van der Waals surface area (Å²) in [6, 6.07) is 9.71. The zero-order chi connectivity index (χ0) is 13.0. The van der Waals surface area contributed by atoms with Crippen molar-refractivity contribution in [2.75, 3.05) is 0 Å². The molecule has 4 heteroatoms. The maximum absolute atomic E-state index is 11.6. The Bertz CT molecular complexity index is 573. The van der Waals surface area contributed by atoms with Crippen molar-refractivity contribution in [3.8, 4) is 0 Å². The van der Waals surface area contributed by atoms with Crippen LogP contribution in [0, 0.1) is 13.8 Å². The second-order valence-corrected chi connectivity index (χ2v) is 4.98. The third-order valence-electron chi connectivity index (χ3n) is 2.54. The number of hydrogen-bond donors (Lipinski definition) is 1. The van der Waals surface area contributed by atoms with Gasteiger partial charge >= 0.3 is 0 Å². The topological polar surface area (TPSA) is 41.5 Å². The first-order chi connectivity index (χ1) is 8.66. The molecular formula is C14H14N2OS. The predicted molar refractivity (Wildman–Crippen MR) is 75.3 cm³/mol. The van der Waals surface area contributed by atoms with Crippen LogP contribution in [0.4, 0.5) is 0 Å². The van der Waals surface area contributed by atoms with Gasteiger partial charge in [-0.05, 0) is 36.4 Å². The molecule has 0 saturated heterocycles. The Morgan fingerprint density at radius 3 is 2.83 bits per heavy atom. The van der Waals surface area contributed by atoms with Crippen LogP contribution in [0.1, 0.15) is 26.4 Å². The van der Waals surface area contributed by atoms with Gasteiger partial charge in [0, 0.05) is 0 Å². The van der Waals surface area contributed by atoms with E-state index in [-0.39, 0.29) is 5.91 Å². The van der Waals surface area contributed by atoms with Crippen LogP contribution in [0.2, 0.25) is 0 Å². The molecule has 0 atom stereocenters. The Kier molecular flexibility index (Phi) is 3.89. The first-order valence-electron chi connectivity index (χ1n) is 5.61. The highest BCUT2D eigenvalue weighted by molar-refractivity contribution is 7.12. The summed E-state index contributed by atoms with van der Waals surface area (Å²) in [5, 5.41) is 5.83. The van der Waals surface area contributed by atoms with E-state index >= 15 is 0 Å². The summed E-state index contributed by atoms with van der Waals surface area (Å²) in [4.78, 5) is 12.3. The van der Waals surface area contributed by atoms with Crippen LogP contribution in [-0.4, -0.2) is 12.1 Å². The summed E-state index contributed by atoms with van der Waals surface area (Å²) in [5.74, 6) is -0.175. The Morgan fingerprint density at radius 2 is 2.17 bits per heavy atom. The number of benzene rings is 1. The van der Waals surface area contributed by atoms with Crippen LogP contribution in [0.25, 0.3) is 0 Å². The zero-order valence-corrected chi connectivity index (χ0v) is 11.1. The molecule has 1 heterocycles. The van der Waals surface area contributed by atoms with Crippen molar-refractivity contribution < 1.29 is 4.79 Å². The van der Waals surface area contributed by atoms with Crippen molar-refractivity contribution in [1.29, 1.82) is 0 Å². The summed E-state index contributed by atoms with van der Waals surface area (Å²) in [7, 11) is 0. The molecule has 0 aliphatic rings. The van der Waals surface area contributed by atoms with Crippen LogP contribution in [0.15, 0.2) is 40.8 Å². The van der Waals surface area contributed by atoms with E-state index in [0.717, 1.165) is 11.1 Å². The smallest absolute Gasteiger partial charge is 0.266 e. The Hall–Kier alpha value is -1.94. The number of amides is 1. The number of hydrazone groups is 1. The van der Waals surface area contributed by atoms with E-state index in [2.05, 4.69) is 16.6 Å². The van der Waals surface area contributed by atoms with Crippen LogP contribution < -0.4 is 5.43 Å². The van der Waals surface area contributed by atoms with Gasteiger partial charge in [0.05, 0.1) is 11.1 Å². The lowest BCUT2D eigenvalue weighted by molar-refractivity contribution is 0.0959. The number of hydrogen-bond acceptors (Lipinski definition) is 3. The lowest BCUT2D eigenvalue weighted by Crippen LogP contribution is -2.16. The number of nitrogens with zero attached hydrogens (tertiary/aromatic N) is 1. The second-order valence-electron chi connectivity index (χ2n) is 4.04. The van der Waals surface area contributed by atoms with Gasteiger partial charge in [0.2, 0.25) is 0 Å². The fourth-order valence-corrected chi connectivity index (χ4v) is 2.21. The second kappa shape index (κ2) is 5.60. The van der Waals surface area contributed by atoms with Gasteiger partial charge in [-0.25, -0.2) is 5.43 Å². The normalized spacial score (nSPS) is 10.8. The van der Waals surface area contributed by atoms with Crippen molar-refractivity contribution in [3.63, 3.8) is 0 Å². The highest BCUT2D eigenvalue weighted by Gasteiger charge is 2.03. The molecule has 0 aliphatic carbocycles. The Morgan fingerprint density at radius 1 is 1.33 bits per heavy atom. The molecule has 3 nitrogen and oxygen atoms in total. The highest BCUT2D eigenvalue weighted by Crippen LogP contribution is 2.09. The molecule has 2 aromatic rings. The fraction of sp³-hybridized carbons (Fsp3) is 0.143. The van der Waals surface area contributed by atoms with Gasteiger partial charge in [0.25, 0.3) is 5.91 Å². The quantitative estimate of drug-likeness (QED) is 0.667. The lowest BCUT2D eigenvalue weighted by atomic mass is 10.1. The Balaban J connectivity index is 2.01. The molecule has 1 N–H and O–H groups in total. The lowest BCUT2D eigenvalue weighted by Gasteiger charge is -2.01. The number of rotatable bonds is 3. The molecule has 0 unspecified atom stereocenters. The molecule has 0 aliphatic heterocycles. The maximum atomic E-state index is 11.6. The van der Waals surface area contributed by atoms with E-state index in [1.165, 1.54) is 16.9 Å². The largest absolute Gasteiger partial charge is 0.281 e. The summed E-state index contributed by atoms with van der Waals surface area (Å²) in [6.07, 6.45) is 1.67. The van der Waals surface area contributed by atoms with Gasteiger partial charge in [-0.3, -0.25) is 4.79 Å². The number of carbonyl (C=O) groups is 1. The van der Waals surface area contributed by atoms with E-state index in [1.54, 1.807) is 12.3 Å². The van der Waals surface area contributed by atoms with E-state index in [9.17, 15) is 4.79 Å². The monoisotopic (exact) mass is 258 g/mol. The SMILES string of the molecule is Cc1ccc(/C=N/NC(=O)c2cccs2)c(C)c1. The van der Waals surface area contributed by atoms with E-state index in [0.29, 0.717) is 4.88 Å². The first kappa shape index (κ1) is 12.5. The number of nitrogens with one attached hydrogen (secondary N) is 1. The standard InChI is InChI=1S/C14H14N2OS/c1-10-5-6-12(11(2)8-10)9-15-16-14(17)13-4-3-7-18-13/h3-9H,1-2H3,(H,16,17)/b15-9+. The summed E-state index contributed by atoms with van der Waals surface area (Å²) >= 11 is 1.40. The molecule has 0 saturated carbocycles. The third-order valence-corrected chi connectivity index (χ3v) is 3.41. The van der Waals surface area contributed by atoms with Crippen LogP contribution in [-0.2, 0) is 0 Å². The minimum absolute atomic E-state index is 0.175. The number of aryl methyl sites for hydroxylation is 2. The molecule has 1 aromatic heterocycles. The maximum Gasteiger partial charge on any atom is 0.281 e. The molecule has 92 valence electrons. The van der Waals surface area contributed by atoms with Crippen molar-refractivity contribution >= 4 is 23.5 Å². The van der Waals surface area contributed by atoms with Gasteiger partial charge in [-0.1, -0.05) is 29.8 Å². The first-order valence-corrected chi connectivity index (χ1v) is 6.49. The summed E-state index contributed by atoms with van der Waals surface area (Å²) in [6.45, 7) is 4.07. The average Bonchev–Trinajstić information content (AvgIpc) is 2.85. The molecule has 0 bridgehead atoms. The fourth-order valence-electron chi connectivity index (χ4n) is 1.59. The van der Waals surface area contributed by atoms with Crippen LogP contribution >= 0.6 is 11.3 Å². The summed E-state index contributed by atoms with van der Waals surface area (Å²) < 4.78 is 0. The molecule has 0 radical (unpaired) electrons. The summed E-state index contributed by atoms with van der Waals surface area (Å²) in [5.41, 5.74) is 5.88. The molecule has 1 amide bonds. The van der Waals surface area contributed by atoms with Gasteiger partial charge < -0.3 is 0 Å². The van der Waals surface area contributed by atoms with E-state index < -0.39 is 0 Å². The van der Waals surface area contributed by atoms with Gasteiger partial charge in [0.15, 0.2) is 0 Å². The van der Waals surface area contributed by atoms with Crippen molar-refractivity contribution in [3.05, 3.63) is 57.3 Å². The molecule has 2 rings (SSSR count). The van der Waals surface area contributed by atoms with Crippen LogP contribution in [0.5, 0.6) is 0 Å². The zero-order valence-electron chi connectivity index (χ0n) is 10.3. The predicted octanol–water partition coefficient (Wildman–Crippen LogP) is 3.13. The van der Waals surface area contributed by atoms with Gasteiger partial charge in [-0.15, -0.1) is 11.3 Å². The molecule has 0 fully saturated rings.